The molecule has 0 bridgehead atoms. The molecule has 0 aliphatic rings. The number of nitrogens with one attached hydrogen (secondary N) is 1. The highest BCUT2D eigenvalue weighted by molar-refractivity contribution is 5.47. The van der Waals surface area contributed by atoms with Crippen molar-refractivity contribution in [1.29, 1.82) is 0 Å². The van der Waals surface area contributed by atoms with Gasteiger partial charge in [-0.3, -0.25) is 10.1 Å². The van der Waals surface area contributed by atoms with Gasteiger partial charge in [0.1, 0.15) is 0 Å². The number of rotatable bonds is 7. The molecule has 2 aromatic rings. The van der Waals surface area contributed by atoms with Crippen LogP contribution in [0.1, 0.15) is 11.3 Å². The molecule has 0 spiro atoms. The van der Waals surface area contributed by atoms with E-state index in [1.54, 1.807) is 31.0 Å². The Morgan fingerprint density at radius 3 is 2.95 bits per heavy atom. The highest BCUT2D eigenvalue weighted by Gasteiger charge is 2.10. The van der Waals surface area contributed by atoms with Gasteiger partial charge in [-0.2, -0.15) is 0 Å². The molecule has 21 heavy (non-hydrogen) atoms. The largest absolute Gasteiger partial charge is 0.383 e. The van der Waals surface area contributed by atoms with E-state index >= 15 is 0 Å². The Bertz CT molecular complexity index is 626. The molecule has 0 aliphatic carbocycles. The SMILES string of the molecule is COCCNCc1cn(-c2ccc([N+](=O)[O-])cc2C)nn1. The third-order valence-electron chi connectivity index (χ3n) is 2.97. The molecular formula is C13H17N5O3. The summed E-state index contributed by atoms with van der Waals surface area (Å²) in [6.45, 7) is 3.77. The van der Waals surface area contributed by atoms with E-state index < -0.39 is 4.92 Å². The highest BCUT2D eigenvalue weighted by Crippen LogP contribution is 2.19. The molecule has 0 amide bonds. The Labute approximate surface area is 121 Å². The van der Waals surface area contributed by atoms with Crippen LogP contribution in [0.3, 0.4) is 0 Å². The molecule has 1 heterocycles. The lowest BCUT2D eigenvalue weighted by Crippen LogP contribution is -2.18. The summed E-state index contributed by atoms with van der Waals surface area (Å²) in [5.41, 5.74) is 2.41. The van der Waals surface area contributed by atoms with E-state index in [9.17, 15) is 10.1 Å². The van der Waals surface area contributed by atoms with E-state index in [4.69, 9.17) is 4.74 Å². The minimum absolute atomic E-state index is 0.0674. The molecule has 0 fully saturated rings. The van der Waals surface area contributed by atoms with Gasteiger partial charge in [-0.25, -0.2) is 4.68 Å². The van der Waals surface area contributed by atoms with Crippen LogP contribution >= 0.6 is 0 Å². The van der Waals surface area contributed by atoms with Crippen molar-refractivity contribution in [2.75, 3.05) is 20.3 Å². The molecule has 0 saturated carbocycles. The Morgan fingerprint density at radius 2 is 2.29 bits per heavy atom. The van der Waals surface area contributed by atoms with Crippen LogP contribution in [-0.4, -0.2) is 40.2 Å². The number of nitro groups is 1. The third kappa shape index (κ3) is 3.83. The van der Waals surface area contributed by atoms with Gasteiger partial charge in [0.25, 0.3) is 5.69 Å². The second kappa shape index (κ2) is 6.91. The minimum atomic E-state index is -0.413. The fourth-order valence-electron chi connectivity index (χ4n) is 1.90. The van der Waals surface area contributed by atoms with E-state index in [1.165, 1.54) is 12.1 Å². The van der Waals surface area contributed by atoms with Gasteiger partial charge in [0, 0.05) is 32.3 Å². The zero-order chi connectivity index (χ0) is 15.2. The first kappa shape index (κ1) is 15.1. The lowest BCUT2D eigenvalue weighted by atomic mass is 10.2. The number of nitro benzene ring substituents is 1. The summed E-state index contributed by atoms with van der Waals surface area (Å²) in [6, 6.07) is 4.65. The summed E-state index contributed by atoms with van der Waals surface area (Å²) in [6.07, 6.45) is 1.80. The van der Waals surface area contributed by atoms with Crippen molar-refractivity contribution in [1.82, 2.24) is 20.3 Å². The van der Waals surface area contributed by atoms with Crippen LogP contribution in [0.15, 0.2) is 24.4 Å². The molecule has 8 heteroatoms. The number of ether oxygens (including phenoxy) is 1. The Morgan fingerprint density at radius 1 is 1.48 bits per heavy atom. The van der Waals surface area contributed by atoms with Crippen molar-refractivity contribution in [3.8, 4) is 5.69 Å². The van der Waals surface area contributed by atoms with Gasteiger partial charge in [0.2, 0.25) is 0 Å². The molecule has 0 unspecified atom stereocenters. The maximum Gasteiger partial charge on any atom is 0.269 e. The van der Waals surface area contributed by atoms with Gasteiger partial charge in [-0.05, 0) is 18.6 Å². The van der Waals surface area contributed by atoms with Crippen molar-refractivity contribution >= 4 is 5.69 Å². The standard InChI is InChI=1S/C13H17N5O3/c1-10-7-12(18(19)20)3-4-13(10)17-9-11(15-16-17)8-14-5-6-21-2/h3-4,7,9,14H,5-6,8H2,1-2H3. The molecule has 0 aliphatic heterocycles. The van der Waals surface area contributed by atoms with Gasteiger partial charge in [0.15, 0.2) is 0 Å². The third-order valence-corrected chi connectivity index (χ3v) is 2.97. The van der Waals surface area contributed by atoms with E-state index in [1.807, 2.05) is 0 Å². The molecule has 0 atom stereocenters. The second-order valence-electron chi connectivity index (χ2n) is 4.55. The summed E-state index contributed by atoms with van der Waals surface area (Å²) < 4.78 is 6.56. The Hall–Kier alpha value is -2.32. The second-order valence-corrected chi connectivity index (χ2v) is 4.55. The number of nitrogens with zero attached hydrogens (tertiary/aromatic N) is 4. The van der Waals surface area contributed by atoms with E-state index in [-0.39, 0.29) is 5.69 Å². The van der Waals surface area contributed by atoms with E-state index in [0.29, 0.717) is 13.2 Å². The first-order chi connectivity index (χ1) is 10.1. The average molecular weight is 291 g/mol. The summed E-state index contributed by atoms with van der Waals surface area (Å²) >= 11 is 0. The maximum atomic E-state index is 10.7. The first-order valence-electron chi connectivity index (χ1n) is 6.48. The zero-order valence-corrected chi connectivity index (χ0v) is 11.9. The number of benzene rings is 1. The molecule has 0 saturated heterocycles. The van der Waals surface area contributed by atoms with Gasteiger partial charge in [0.05, 0.1) is 29.1 Å². The number of methoxy groups -OCH3 is 1. The van der Waals surface area contributed by atoms with Crippen LogP contribution in [0, 0.1) is 17.0 Å². The van der Waals surface area contributed by atoms with Gasteiger partial charge >= 0.3 is 0 Å². The lowest BCUT2D eigenvalue weighted by Gasteiger charge is -2.04. The predicted octanol–water partition coefficient (Wildman–Crippen LogP) is 1.22. The monoisotopic (exact) mass is 291 g/mol. The van der Waals surface area contributed by atoms with Crippen molar-refractivity contribution in [2.24, 2.45) is 0 Å². The fraction of sp³-hybridized carbons (Fsp3) is 0.385. The fourth-order valence-corrected chi connectivity index (χ4v) is 1.90. The molecule has 112 valence electrons. The number of hydrogen-bond acceptors (Lipinski definition) is 6. The molecule has 8 nitrogen and oxygen atoms in total. The van der Waals surface area contributed by atoms with Crippen LogP contribution in [0.2, 0.25) is 0 Å². The zero-order valence-electron chi connectivity index (χ0n) is 11.9. The summed E-state index contributed by atoms with van der Waals surface area (Å²) in [5, 5.41) is 22.0. The molecule has 2 rings (SSSR count). The average Bonchev–Trinajstić information content (AvgIpc) is 2.92. The highest BCUT2D eigenvalue weighted by atomic mass is 16.6. The van der Waals surface area contributed by atoms with Crippen LogP contribution in [-0.2, 0) is 11.3 Å². The van der Waals surface area contributed by atoms with Gasteiger partial charge in [-0.15, -0.1) is 5.10 Å². The maximum absolute atomic E-state index is 10.7. The van der Waals surface area contributed by atoms with Crippen molar-refractivity contribution < 1.29 is 9.66 Å². The lowest BCUT2D eigenvalue weighted by molar-refractivity contribution is -0.384. The first-order valence-corrected chi connectivity index (χ1v) is 6.48. The van der Waals surface area contributed by atoms with E-state index in [2.05, 4.69) is 15.6 Å². The number of aryl methyl sites for hydroxylation is 1. The normalized spacial score (nSPS) is 10.8. The van der Waals surface area contributed by atoms with Gasteiger partial charge < -0.3 is 10.1 Å². The molecular weight excluding hydrogens is 274 g/mol. The number of non-ortho nitro benzene ring substituents is 1. The Balaban J connectivity index is 2.08. The number of aromatic nitrogens is 3. The Kier molecular flexibility index (Phi) is 4.96. The molecule has 1 N–H and O–H groups in total. The van der Waals surface area contributed by atoms with Crippen LogP contribution < -0.4 is 5.32 Å². The summed E-state index contributed by atoms with van der Waals surface area (Å²) in [5.74, 6) is 0. The van der Waals surface area contributed by atoms with Crippen molar-refractivity contribution in [3.05, 3.63) is 45.8 Å². The van der Waals surface area contributed by atoms with Crippen LogP contribution in [0.25, 0.3) is 5.69 Å². The topological polar surface area (TPSA) is 95.1 Å². The smallest absolute Gasteiger partial charge is 0.269 e. The van der Waals surface area contributed by atoms with Crippen LogP contribution in [0.4, 0.5) is 5.69 Å². The quantitative estimate of drug-likeness (QED) is 0.468. The van der Waals surface area contributed by atoms with Crippen molar-refractivity contribution in [3.63, 3.8) is 0 Å². The predicted molar refractivity (Wildman–Crippen MR) is 76.3 cm³/mol. The van der Waals surface area contributed by atoms with E-state index in [0.717, 1.165) is 23.5 Å². The molecule has 1 aromatic heterocycles. The van der Waals surface area contributed by atoms with Crippen LogP contribution in [0.5, 0.6) is 0 Å². The van der Waals surface area contributed by atoms with Gasteiger partial charge in [-0.1, -0.05) is 5.21 Å². The molecule has 0 radical (unpaired) electrons. The molecule has 1 aromatic carbocycles. The van der Waals surface area contributed by atoms with Crippen molar-refractivity contribution in [2.45, 2.75) is 13.5 Å². The minimum Gasteiger partial charge on any atom is -0.383 e. The number of hydrogen-bond donors (Lipinski definition) is 1. The summed E-state index contributed by atoms with van der Waals surface area (Å²) in [7, 11) is 1.65. The summed E-state index contributed by atoms with van der Waals surface area (Å²) in [4.78, 5) is 10.3.